The number of rotatable bonds is 3. The number of pyridine rings is 1. The summed E-state index contributed by atoms with van der Waals surface area (Å²) in [5.74, 6) is 0.0224. The van der Waals surface area contributed by atoms with E-state index in [-0.39, 0.29) is 12.0 Å². The van der Waals surface area contributed by atoms with Crippen LogP contribution >= 0.6 is 0 Å². The number of anilines is 1. The molecule has 0 saturated carbocycles. The molecule has 18 heavy (non-hydrogen) atoms. The Morgan fingerprint density at radius 1 is 1.61 bits per heavy atom. The molecular weight excluding hydrogens is 230 g/mol. The number of carbonyl (C=O) groups is 1. The number of piperidine rings is 1. The summed E-state index contributed by atoms with van der Waals surface area (Å²) in [4.78, 5) is 18.3. The molecule has 5 nitrogen and oxygen atoms in total. The lowest BCUT2D eigenvalue weighted by Crippen LogP contribution is -2.43. The molecule has 98 valence electrons. The number of nitrogens with one attached hydrogen (secondary N) is 1. The van der Waals surface area contributed by atoms with E-state index in [1.807, 2.05) is 11.0 Å². The lowest BCUT2D eigenvalue weighted by atomic mass is 10.1. The molecule has 1 aromatic rings. The van der Waals surface area contributed by atoms with E-state index in [2.05, 4.69) is 10.3 Å². The molecule has 1 saturated heterocycles. The largest absolute Gasteiger partial charge is 0.387 e. The van der Waals surface area contributed by atoms with Crippen LogP contribution in [0.5, 0.6) is 0 Å². The van der Waals surface area contributed by atoms with Gasteiger partial charge in [0.25, 0.3) is 5.91 Å². The molecule has 1 aromatic heterocycles. The van der Waals surface area contributed by atoms with Gasteiger partial charge in [-0.15, -0.1) is 0 Å². The first-order valence-corrected chi connectivity index (χ1v) is 6.20. The van der Waals surface area contributed by atoms with Gasteiger partial charge >= 0.3 is 0 Å². The minimum atomic E-state index is 0.0224. The molecule has 1 unspecified atom stereocenters. The van der Waals surface area contributed by atoms with Gasteiger partial charge in [0, 0.05) is 45.3 Å². The van der Waals surface area contributed by atoms with Crippen LogP contribution < -0.4 is 5.32 Å². The van der Waals surface area contributed by atoms with Crippen molar-refractivity contribution in [2.75, 3.05) is 32.6 Å². The molecule has 0 aliphatic carbocycles. The SMILES string of the molecule is CNc1ccncc1C(=O)N1CCCC(OC)C1. The van der Waals surface area contributed by atoms with Crippen molar-refractivity contribution < 1.29 is 9.53 Å². The number of carbonyl (C=O) groups excluding carboxylic acids is 1. The van der Waals surface area contributed by atoms with Crippen molar-refractivity contribution in [2.24, 2.45) is 0 Å². The molecule has 0 aromatic carbocycles. The summed E-state index contributed by atoms with van der Waals surface area (Å²) in [7, 11) is 3.50. The third kappa shape index (κ3) is 2.61. The quantitative estimate of drug-likeness (QED) is 0.879. The van der Waals surface area contributed by atoms with Crippen LogP contribution in [0.1, 0.15) is 23.2 Å². The minimum absolute atomic E-state index is 0.0224. The summed E-state index contributed by atoms with van der Waals surface area (Å²) in [6.45, 7) is 1.45. The topological polar surface area (TPSA) is 54.5 Å². The molecule has 2 heterocycles. The van der Waals surface area contributed by atoms with E-state index in [0.29, 0.717) is 12.1 Å². The number of hydrogen-bond acceptors (Lipinski definition) is 4. The number of methoxy groups -OCH3 is 1. The van der Waals surface area contributed by atoms with Crippen LogP contribution in [-0.4, -0.2) is 49.1 Å². The van der Waals surface area contributed by atoms with E-state index in [1.165, 1.54) is 0 Å². The van der Waals surface area contributed by atoms with E-state index in [0.717, 1.165) is 25.1 Å². The molecule has 1 N–H and O–H groups in total. The maximum Gasteiger partial charge on any atom is 0.257 e. The summed E-state index contributed by atoms with van der Waals surface area (Å²) in [6.07, 6.45) is 5.45. The van der Waals surface area contributed by atoms with Crippen molar-refractivity contribution in [3.63, 3.8) is 0 Å². The van der Waals surface area contributed by atoms with Crippen molar-refractivity contribution in [1.29, 1.82) is 0 Å². The number of likely N-dealkylation sites (tertiary alicyclic amines) is 1. The number of amides is 1. The average molecular weight is 249 g/mol. The number of nitrogens with zero attached hydrogens (tertiary/aromatic N) is 2. The Balaban J connectivity index is 2.15. The van der Waals surface area contributed by atoms with E-state index >= 15 is 0 Å². The van der Waals surface area contributed by atoms with Crippen molar-refractivity contribution in [1.82, 2.24) is 9.88 Å². The smallest absolute Gasteiger partial charge is 0.257 e. The second kappa shape index (κ2) is 5.82. The lowest BCUT2D eigenvalue weighted by molar-refractivity contribution is 0.0269. The number of hydrogen-bond donors (Lipinski definition) is 1. The molecule has 1 amide bonds. The normalized spacial score (nSPS) is 19.7. The first-order chi connectivity index (χ1) is 8.76. The standard InChI is InChI=1S/C13H19N3O2/c1-14-12-5-6-15-8-11(12)13(17)16-7-3-4-10(9-16)18-2/h5-6,8,10H,3-4,7,9H2,1-2H3,(H,14,15). The van der Waals surface area contributed by atoms with Gasteiger partial charge < -0.3 is 15.0 Å². The van der Waals surface area contributed by atoms with Gasteiger partial charge in [0.15, 0.2) is 0 Å². The van der Waals surface area contributed by atoms with Gasteiger partial charge in [0.1, 0.15) is 0 Å². The Morgan fingerprint density at radius 3 is 3.17 bits per heavy atom. The van der Waals surface area contributed by atoms with Gasteiger partial charge in [-0.3, -0.25) is 9.78 Å². The second-order valence-electron chi connectivity index (χ2n) is 4.42. The zero-order chi connectivity index (χ0) is 13.0. The number of ether oxygens (including phenoxy) is 1. The van der Waals surface area contributed by atoms with Crippen LogP contribution in [0.25, 0.3) is 0 Å². The van der Waals surface area contributed by atoms with Gasteiger partial charge in [-0.2, -0.15) is 0 Å². The highest BCUT2D eigenvalue weighted by molar-refractivity contribution is 5.99. The zero-order valence-corrected chi connectivity index (χ0v) is 10.8. The molecule has 1 aliphatic rings. The fraction of sp³-hybridized carbons (Fsp3) is 0.538. The third-order valence-electron chi connectivity index (χ3n) is 3.32. The molecule has 0 bridgehead atoms. The van der Waals surface area contributed by atoms with Crippen molar-refractivity contribution >= 4 is 11.6 Å². The Hall–Kier alpha value is -1.62. The predicted octanol–water partition coefficient (Wildman–Crippen LogP) is 1.37. The van der Waals surface area contributed by atoms with Gasteiger partial charge in [-0.1, -0.05) is 0 Å². The summed E-state index contributed by atoms with van der Waals surface area (Å²) in [6, 6.07) is 1.81. The van der Waals surface area contributed by atoms with E-state index in [1.54, 1.807) is 26.6 Å². The Bertz CT molecular complexity index is 422. The highest BCUT2D eigenvalue weighted by atomic mass is 16.5. The number of aromatic nitrogens is 1. The summed E-state index contributed by atoms with van der Waals surface area (Å²) >= 11 is 0. The Labute approximate surface area is 107 Å². The van der Waals surface area contributed by atoms with Crippen molar-refractivity contribution in [3.05, 3.63) is 24.0 Å². The fourth-order valence-corrected chi connectivity index (χ4v) is 2.27. The summed E-state index contributed by atoms with van der Waals surface area (Å²) < 4.78 is 5.34. The van der Waals surface area contributed by atoms with Crippen LogP contribution in [0.2, 0.25) is 0 Å². The van der Waals surface area contributed by atoms with E-state index < -0.39 is 0 Å². The minimum Gasteiger partial charge on any atom is -0.387 e. The van der Waals surface area contributed by atoms with Crippen LogP contribution in [0, 0.1) is 0 Å². The van der Waals surface area contributed by atoms with Crippen LogP contribution in [0.3, 0.4) is 0 Å². The highest BCUT2D eigenvalue weighted by Gasteiger charge is 2.25. The predicted molar refractivity (Wildman–Crippen MR) is 69.7 cm³/mol. The Kier molecular flexibility index (Phi) is 4.15. The first-order valence-electron chi connectivity index (χ1n) is 6.20. The van der Waals surface area contributed by atoms with Gasteiger partial charge in [0.2, 0.25) is 0 Å². The van der Waals surface area contributed by atoms with Gasteiger partial charge in [-0.25, -0.2) is 0 Å². The molecular formula is C13H19N3O2. The molecule has 0 radical (unpaired) electrons. The molecule has 5 heteroatoms. The first kappa shape index (κ1) is 12.8. The van der Waals surface area contributed by atoms with Crippen LogP contribution in [0.15, 0.2) is 18.5 Å². The van der Waals surface area contributed by atoms with Crippen LogP contribution in [0.4, 0.5) is 5.69 Å². The van der Waals surface area contributed by atoms with Crippen molar-refractivity contribution in [3.8, 4) is 0 Å². The zero-order valence-electron chi connectivity index (χ0n) is 10.8. The lowest BCUT2D eigenvalue weighted by Gasteiger charge is -2.32. The Morgan fingerprint density at radius 2 is 2.44 bits per heavy atom. The van der Waals surface area contributed by atoms with E-state index in [9.17, 15) is 4.79 Å². The van der Waals surface area contributed by atoms with Crippen LogP contribution in [-0.2, 0) is 4.74 Å². The van der Waals surface area contributed by atoms with Gasteiger partial charge in [-0.05, 0) is 18.9 Å². The molecule has 1 fully saturated rings. The summed E-state index contributed by atoms with van der Waals surface area (Å²) in [5.41, 5.74) is 1.44. The maximum atomic E-state index is 12.4. The van der Waals surface area contributed by atoms with Crippen molar-refractivity contribution in [2.45, 2.75) is 18.9 Å². The molecule has 1 aliphatic heterocycles. The summed E-state index contributed by atoms with van der Waals surface area (Å²) in [5, 5.41) is 3.02. The molecule has 2 rings (SSSR count). The molecule has 1 atom stereocenters. The van der Waals surface area contributed by atoms with Gasteiger partial charge in [0.05, 0.1) is 11.7 Å². The monoisotopic (exact) mass is 249 g/mol. The fourth-order valence-electron chi connectivity index (χ4n) is 2.27. The highest BCUT2D eigenvalue weighted by Crippen LogP contribution is 2.19. The molecule has 0 spiro atoms. The third-order valence-corrected chi connectivity index (χ3v) is 3.32. The second-order valence-corrected chi connectivity index (χ2v) is 4.42. The average Bonchev–Trinajstić information content (AvgIpc) is 2.46. The van der Waals surface area contributed by atoms with E-state index in [4.69, 9.17) is 4.74 Å². The maximum absolute atomic E-state index is 12.4.